The van der Waals surface area contributed by atoms with Crippen molar-refractivity contribution in [1.82, 2.24) is 20.0 Å². The van der Waals surface area contributed by atoms with E-state index in [4.69, 9.17) is 0 Å². The number of esters is 1. The fourth-order valence-electron chi connectivity index (χ4n) is 1.97. The topological polar surface area (TPSA) is 69.9 Å². The molecule has 7 heteroatoms. The van der Waals surface area contributed by atoms with Gasteiger partial charge in [0.2, 0.25) is 0 Å². The number of halogens is 1. The van der Waals surface area contributed by atoms with Gasteiger partial charge in [-0.25, -0.2) is 13.9 Å². The van der Waals surface area contributed by atoms with Gasteiger partial charge >= 0.3 is 5.97 Å². The molecule has 0 atom stereocenters. The molecule has 0 aromatic carbocycles. The van der Waals surface area contributed by atoms with E-state index in [0.29, 0.717) is 17.8 Å². The van der Waals surface area contributed by atoms with E-state index < -0.39 is 11.8 Å². The third-order valence-electron chi connectivity index (χ3n) is 2.79. The van der Waals surface area contributed by atoms with Gasteiger partial charge in [-0.3, -0.25) is 4.98 Å². The number of nitrogens with zero attached hydrogens (tertiary/aromatic N) is 4. The Labute approximate surface area is 115 Å². The average molecular weight is 278 g/mol. The molecule has 0 unspecified atom stereocenters. The van der Waals surface area contributed by atoms with E-state index >= 15 is 0 Å². The summed E-state index contributed by atoms with van der Waals surface area (Å²) in [6, 6.07) is 1.37. The Kier molecular flexibility index (Phi) is 4.07. The minimum absolute atomic E-state index is 0.0284. The first-order chi connectivity index (χ1) is 9.52. The predicted octanol–water partition coefficient (Wildman–Crippen LogP) is 1.77. The summed E-state index contributed by atoms with van der Waals surface area (Å²) in [5.41, 5.74) is 1.49. The standard InChI is InChI=1S/C13H15FN4O2/c1-8(2)12-11(13(19)20-3)16-17-18(12)7-9-4-10(14)6-15-5-9/h4-6,8H,7H2,1-3H3. The minimum atomic E-state index is -0.530. The minimum Gasteiger partial charge on any atom is -0.464 e. The van der Waals surface area contributed by atoms with Gasteiger partial charge in [-0.2, -0.15) is 0 Å². The quantitative estimate of drug-likeness (QED) is 0.797. The summed E-state index contributed by atoms with van der Waals surface area (Å²) in [6.07, 6.45) is 2.68. The lowest BCUT2D eigenvalue weighted by Gasteiger charge is -2.10. The van der Waals surface area contributed by atoms with Crippen molar-refractivity contribution < 1.29 is 13.9 Å². The Morgan fingerprint density at radius 1 is 1.45 bits per heavy atom. The van der Waals surface area contributed by atoms with Gasteiger partial charge in [0.05, 0.1) is 25.5 Å². The molecular formula is C13H15FN4O2. The largest absolute Gasteiger partial charge is 0.464 e. The maximum Gasteiger partial charge on any atom is 0.360 e. The molecule has 2 heterocycles. The summed E-state index contributed by atoms with van der Waals surface area (Å²) in [7, 11) is 1.29. The van der Waals surface area contributed by atoms with Crippen LogP contribution in [0.15, 0.2) is 18.5 Å². The number of ether oxygens (including phenoxy) is 1. The molecule has 0 saturated carbocycles. The van der Waals surface area contributed by atoms with Gasteiger partial charge in [-0.15, -0.1) is 5.10 Å². The van der Waals surface area contributed by atoms with E-state index in [0.717, 1.165) is 6.20 Å². The van der Waals surface area contributed by atoms with Crippen molar-refractivity contribution in [2.45, 2.75) is 26.3 Å². The van der Waals surface area contributed by atoms with Gasteiger partial charge in [0.1, 0.15) is 5.82 Å². The van der Waals surface area contributed by atoms with Crippen molar-refractivity contribution in [1.29, 1.82) is 0 Å². The number of aromatic nitrogens is 4. The summed E-state index contributed by atoms with van der Waals surface area (Å²) in [4.78, 5) is 15.4. The number of hydrogen-bond donors (Lipinski definition) is 0. The highest BCUT2D eigenvalue weighted by molar-refractivity contribution is 5.88. The molecule has 2 aromatic heterocycles. The van der Waals surface area contributed by atoms with E-state index in [2.05, 4.69) is 20.0 Å². The van der Waals surface area contributed by atoms with E-state index in [9.17, 15) is 9.18 Å². The first-order valence-corrected chi connectivity index (χ1v) is 6.14. The molecule has 0 fully saturated rings. The van der Waals surface area contributed by atoms with Crippen LogP contribution in [-0.4, -0.2) is 33.1 Å². The van der Waals surface area contributed by atoms with Crippen molar-refractivity contribution in [3.05, 3.63) is 41.2 Å². The molecule has 0 radical (unpaired) electrons. The summed E-state index contributed by atoms with van der Waals surface area (Å²) < 4.78 is 19.4. The van der Waals surface area contributed by atoms with Crippen LogP contribution in [0.3, 0.4) is 0 Å². The first kappa shape index (κ1) is 14.1. The highest BCUT2D eigenvalue weighted by atomic mass is 19.1. The molecule has 106 valence electrons. The Bertz CT molecular complexity index is 625. The van der Waals surface area contributed by atoms with Crippen LogP contribution in [0.4, 0.5) is 4.39 Å². The number of hydrogen-bond acceptors (Lipinski definition) is 5. The lowest BCUT2D eigenvalue weighted by atomic mass is 10.1. The predicted molar refractivity (Wildman–Crippen MR) is 68.7 cm³/mol. The second-order valence-corrected chi connectivity index (χ2v) is 4.64. The zero-order valence-electron chi connectivity index (χ0n) is 11.5. The van der Waals surface area contributed by atoms with E-state index in [1.165, 1.54) is 13.2 Å². The Balaban J connectivity index is 2.37. The lowest BCUT2D eigenvalue weighted by Crippen LogP contribution is -2.12. The van der Waals surface area contributed by atoms with Crippen LogP contribution in [0, 0.1) is 5.82 Å². The third-order valence-corrected chi connectivity index (χ3v) is 2.79. The average Bonchev–Trinajstić information content (AvgIpc) is 2.81. The maximum absolute atomic E-state index is 13.1. The van der Waals surface area contributed by atoms with Gasteiger partial charge in [-0.1, -0.05) is 19.1 Å². The highest BCUT2D eigenvalue weighted by Gasteiger charge is 2.22. The van der Waals surface area contributed by atoms with Gasteiger partial charge in [-0.05, 0) is 17.5 Å². The van der Waals surface area contributed by atoms with Gasteiger partial charge < -0.3 is 4.74 Å². The number of pyridine rings is 1. The Morgan fingerprint density at radius 2 is 2.20 bits per heavy atom. The molecule has 2 rings (SSSR count). The molecule has 0 bridgehead atoms. The number of carbonyl (C=O) groups is 1. The number of rotatable bonds is 4. The first-order valence-electron chi connectivity index (χ1n) is 6.14. The van der Waals surface area contributed by atoms with Gasteiger partial charge in [0.15, 0.2) is 5.69 Å². The molecular weight excluding hydrogens is 263 g/mol. The van der Waals surface area contributed by atoms with Crippen molar-refractivity contribution >= 4 is 5.97 Å². The third kappa shape index (κ3) is 2.81. The molecule has 0 amide bonds. The van der Waals surface area contributed by atoms with Crippen LogP contribution in [0.5, 0.6) is 0 Å². The number of methoxy groups -OCH3 is 1. The van der Waals surface area contributed by atoms with E-state index in [-0.39, 0.29) is 11.6 Å². The van der Waals surface area contributed by atoms with Gasteiger partial charge in [0, 0.05) is 6.20 Å². The molecule has 2 aromatic rings. The molecule has 0 N–H and O–H groups in total. The second kappa shape index (κ2) is 5.77. The summed E-state index contributed by atoms with van der Waals surface area (Å²) in [5.74, 6) is -0.917. The molecule has 6 nitrogen and oxygen atoms in total. The second-order valence-electron chi connectivity index (χ2n) is 4.64. The Morgan fingerprint density at radius 3 is 2.80 bits per heavy atom. The van der Waals surface area contributed by atoms with Crippen molar-refractivity contribution in [2.75, 3.05) is 7.11 Å². The van der Waals surface area contributed by atoms with E-state index in [1.807, 2.05) is 13.8 Å². The molecule has 0 aliphatic rings. The van der Waals surface area contributed by atoms with Crippen LogP contribution < -0.4 is 0 Å². The highest BCUT2D eigenvalue weighted by Crippen LogP contribution is 2.19. The molecule has 0 saturated heterocycles. The summed E-state index contributed by atoms with van der Waals surface area (Å²) >= 11 is 0. The smallest absolute Gasteiger partial charge is 0.360 e. The van der Waals surface area contributed by atoms with Crippen molar-refractivity contribution in [2.24, 2.45) is 0 Å². The number of carbonyl (C=O) groups excluding carboxylic acids is 1. The lowest BCUT2D eigenvalue weighted by molar-refractivity contribution is 0.0592. The van der Waals surface area contributed by atoms with Crippen LogP contribution in [0.2, 0.25) is 0 Å². The fourth-order valence-corrected chi connectivity index (χ4v) is 1.97. The SMILES string of the molecule is COC(=O)c1nnn(Cc2cncc(F)c2)c1C(C)C. The van der Waals surface area contributed by atoms with E-state index in [1.54, 1.807) is 10.9 Å². The molecule has 0 aliphatic carbocycles. The monoisotopic (exact) mass is 278 g/mol. The molecule has 0 aliphatic heterocycles. The normalized spacial score (nSPS) is 10.8. The van der Waals surface area contributed by atoms with Gasteiger partial charge in [0.25, 0.3) is 0 Å². The van der Waals surface area contributed by atoms with Crippen LogP contribution in [-0.2, 0) is 11.3 Å². The summed E-state index contributed by atoms with van der Waals surface area (Å²) in [6.45, 7) is 4.14. The van der Waals surface area contributed by atoms with Crippen LogP contribution in [0.1, 0.15) is 41.5 Å². The zero-order chi connectivity index (χ0) is 14.7. The van der Waals surface area contributed by atoms with Crippen molar-refractivity contribution in [3.63, 3.8) is 0 Å². The van der Waals surface area contributed by atoms with Crippen LogP contribution in [0.25, 0.3) is 0 Å². The van der Waals surface area contributed by atoms with Crippen LogP contribution >= 0.6 is 0 Å². The maximum atomic E-state index is 13.1. The molecule has 20 heavy (non-hydrogen) atoms. The zero-order valence-corrected chi connectivity index (χ0v) is 11.5. The Hall–Kier alpha value is -2.31. The van der Waals surface area contributed by atoms with Crippen molar-refractivity contribution in [3.8, 4) is 0 Å². The fraction of sp³-hybridized carbons (Fsp3) is 0.385. The summed E-state index contributed by atoms with van der Waals surface area (Å²) in [5, 5.41) is 7.80. The molecule has 0 spiro atoms.